The van der Waals surface area contributed by atoms with Crippen molar-refractivity contribution in [3.8, 4) is 0 Å². The number of hydrogen-bond donors (Lipinski definition) is 0. The molecule has 7 heteroatoms. The van der Waals surface area contributed by atoms with Gasteiger partial charge in [0.15, 0.2) is 0 Å². The number of ether oxygens (including phenoxy) is 3. The maximum absolute atomic E-state index is 12.5. The zero-order valence-electron chi connectivity index (χ0n) is 18.2. The molecular weight excluding hydrogens is 386 g/mol. The topological polar surface area (TPSA) is 82.1 Å². The van der Waals surface area contributed by atoms with Crippen LogP contribution in [0.25, 0.3) is 0 Å². The molecule has 1 aliphatic carbocycles. The monoisotopic (exact) mass is 419 g/mol. The maximum Gasteiger partial charge on any atom is 0.413 e. The molecule has 1 saturated carbocycles. The van der Waals surface area contributed by atoms with Crippen LogP contribution >= 0.6 is 0 Å². The van der Waals surface area contributed by atoms with E-state index < -0.39 is 24.4 Å². The maximum atomic E-state index is 12.5. The van der Waals surface area contributed by atoms with E-state index in [0.29, 0.717) is 12.3 Å². The first-order valence-corrected chi connectivity index (χ1v) is 10.6. The third-order valence-electron chi connectivity index (χ3n) is 5.14. The number of benzene rings is 1. The molecule has 30 heavy (non-hydrogen) atoms. The summed E-state index contributed by atoms with van der Waals surface area (Å²) in [5, 5.41) is 0. The molecule has 0 spiro atoms. The summed E-state index contributed by atoms with van der Waals surface area (Å²) >= 11 is 0. The SMILES string of the molecule is CC(C)(C)N(CC(=O)OCc1ccccc1)C(=O)OCOC(=O)CC1CCCCC1. The van der Waals surface area contributed by atoms with Gasteiger partial charge in [-0.2, -0.15) is 0 Å². The minimum atomic E-state index is -0.732. The van der Waals surface area contributed by atoms with Crippen LogP contribution in [-0.4, -0.2) is 41.8 Å². The Morgan fingerprint density at radius 2 is 1.60 bits per heavy atom. The molecule has 0 radical (unpaired) electrons. The first-order chi connectivity index (χ1) is 14.3. The van der Waals surface area contributed by atoms with E-state index in [1.165, 1.54) is 11.3 Å². The van der Waals surface area contributed by atoms with E-state index in [1.807, 2.05) is 30.3 Å². The van der Waals surface area contributed by atoms with E-state index in [4.69, 9.17) is 14.2 Å². The van der Waals surface area contributed by atoms with Gasteiger partial charge in [0, 0.05) is 12.0 Å². The molecule has 1 aromatic carbocycles. The van der Waals surface area contributed by atoms with Crippen molar-refractivity contribution in [2.75, 3.05) is 13.3 Å². The second kappa shape index (κ2) is 11.6. The number of hydrogen-bond acceptors (Lipinski definition) is 6. The molecule has 1 amide bonds. The van der Waals surface area contributed by atoms with Crippen LogP contribution < -0.4 is 0 Å². The van der Waals surface area contributed by atoms with E-state index in [1.54, 1.807) is 20.8 Å². The number of nitrogens with zero attached hydrogens (tertiary/aromatic N) is 1. The van der Waals surface area contributed by atoms with Gasteiger partial charge >= 0.3 is 18.0 Å². The summed E-state index contributed by atoms with van der Waals surface area (Å²) in [5.41, 5.74) is 0.190. The van der Waals surface area contributed by atoms with Gasteiger partial charge in [0.1, 0.15) is 13.2 Å². The predicted molar refractivity (Wildman–Crippen MR) is 111 cm³/mol. The van der Waals surface area contributed by atoms with E-state index in [9.17, 15) is 14.4 Å². The van der Waals surface area contributed by atoms with Gasteiger partial charge in [0.25, 0.3) is 0 Å². The standard InChI is InChI=1S/C23H33NO6/c1-23(2,3)24(15-21(26)28-16-19-12-8-5-9-13-19)22(27)30-17-29-20(25)14-18-10-6-4-7-11-18/h5,8-9,12-13,18H,4,6-7,10-11,14-17H2,1-3H3. The lowest BCUT2D eigenvalue weighted by Crippen LogP contribution is -2.49. The highest BCUT2D eigenvalue weighted by atomic mass is 16.7. The molecule has 0 atom stereocenters. The van der Waals surface area contributed by atoms with Crippen LogP contribution in [0, 0.1) is 5.92 Å². The molecule has 1 aliphatic rings. The summed E-state index contributed by atoms with van der Waals surface area (Å²) in [7, 11) is 0. The van der Waals surface area contributed by atoms with Crippen molar-refractivity contribution in [3.63, 3.8) is 0 Å². The summed E-state index contributed by atoms with van der Waals surface area (Å²) in [6.07, 6.45) is 5.22. The molecule has 2 rings (SSSR count). The fraction of sp³-hybridized carbons (Fsp3) is 0.609. The van der Waals surface area contributed by atoms with Crippen LogP contribution in [0.5, 0.6) is 0 Å². The van der Waals surface area contributed by atoms with Gasteiger partial charge in [0.05, 0.1) is 0 Å². The molecule has 0 saturated heterocycles. The third-order valence-corrected chi connectivity index (χ3v) is 5.14. The molecule has 0 aliphatic heterocycles. The molecule has 0 unspecified atom stereocenters. The van der Waals surface area contributed by atoms with Crippen LogP contribution in [0.15, 0.2) is 30.3 Å². The van der Waals surface area contributed by atoms with Gasteiger partial charge in [-0.3, -0.25) is 14.5 Å². The van der Waals surface area contributed by atoms with Gasteiger partial charge in [0.2, 0.25) is 6.79 Å². The average Bonchev–Trinajstić information content (AvgIpc) is 2.71. The Balaban J connectivity index is 1.77. The average molecular weight is 420 g/mol. The zero-order chi connectivity index (χ0) is 22.0. The predicted octanol–water partition coefficient (Wildman–Crippen LogP) is 4.44. The van der Waals surface area contributed by atoms with Crippen molar-refractivity contribution >= 4 is 18.0 Å². The summed E-state index contributed by atoms with van der Waals surface area (Å²) in [6, 6.07) is 9.30. The molecule has 1 aromatic rings. The molecule has 0 N–H and O–H groups in total. The van der Waals surface area contributed by atoms with Gasteiger partial charge in [-0.05, 0) is 45.1 Å². The van der Waals surface area contributed by atoms with Crippen molar-refractivity contribution in [1.82, 2.24) is 4.90 Å². The Bertz CT molecular complexity index is 691. The van der Waals surface area contributed by atoms with E-state index in [2.05, 4.69) is 0 Å². The van der Waals surface area contributed by atoms with E-state index in [0.717, 1.165) is 31.2 Å². The summed E-state index contributed by atoms with van der Waals surface area (Å²) < 4.78 is 15.4. The molecule has 166 valence electrons. The first-order valence-electron chi connectivity index (χ1n) is 10.6. The molecule has 0 heterocycles. The number of carbonyl (C=O) groups is 3. The van der Waals surface area contributed by atoms with Crippen molar-refractivity contribution in [2.45, 2.75) is 71.4 Å². The lowest BCUT2D eigenvalue weighted by molar-refractivity contribution is -0.155. The van der Waals surface area contributed by atoms with Crippen molar-refractivity contribution in [1.29, 1.82) is 0 Å². The molecular formula is C23H33NO6. The fourth-order valence-electron chi connectivity index (χ4n) is 3.40. The number of amides is 1. The largest absolute Gasteiger partial charge is 0.459 e. The summed E-state index contributed by atoms with van der Waals surface area (Å²) in [5.74, 6) is -0.549. The fourth-order valence-corrected chi connectivity index (χ4v) is 3.40. The Morgan fingerprint density at radius 1 is 0.933 bits per heavy atom. The first kappa shape index (κ1) is 23.7. The Morgan fingerprint density at radius 3 is 2.23 bits per heavy atom. The summed E-state index contributed by atoms with van der Waals surface area (Å²) in [4.78, 5) is 37.9. The van der Waals surface area contributed by atoms with Gasteiger partial charge in [-0.1, -0.05) is 49.6 Å². The Hall–Kier alpha value is -2.57. The van der Waals surface area contributed by atoms with Gasteiger partial charge in [-0.25, -0.2) is 4.79 Å². The highest BCUT2D eigenvalue weighted by molar-refractivity contribution is 5.78. The van der Waals surface area contributed by atoms with Crippen LogP contribution in [0.4, 0.5) is 4.79 Å². The molecule has 1 fully saturated rings. The van der Waals surface area contributed by atoms with Crippen LogP contribution in [0.1, 0.15) is 64.9 Å². The highest BCUT2D eigenvalue weighted by Gasteiger charge is 2.30. The molecule has 0 aromatic heterocycles. The minimum Gasteiger partial charge on any atom is -0.459 e. The van der Waals surface area contributed by atoms with Crippen molar-refractivity contribution in [2.24, 2.45) is 5.92 Å². The smallest absolute Gasteiger partial charge is 0.413 e. The summed E-state index contributed by atoms with van der Waals surface area (Å²) in [6.45, 7) is 4.77. The van der Waals surface area contributed by atoms with Gasteiger partial charge in [-0.15, -0.1) is 0 Å². The lowest BCUT2D eigenvalue weighted by atomic mass is 9.87. The highest BCUT2D eigenvalue weighted by Crippen LogP contribution is 2.26. The molecule has 7 nitrogen and oxygen atoms in total. The van der Waals surface area contributed by atoms with Gasteiger partial charge < -0.3 is 14.2 Å². The third kappa shape index (κ3) is 8.43. The van der Waals surface area contributed by atoms with Crippen LogP contribution in [0.2, 0.25) is 0 Å². The van der Waals surface area contributed by atoms with E-state index in [-0.39, 0.29) is 19.1 Å². The lowest BCUT2D eigenvalue weighted by Gasteiger charge is -2.33. The quantitative estimate of drug-likeness (QED) is 0.458. The Labute approximate surface area is 178 Å². The van der Waals surface area contributed by atoms with Crippen molar-refractivity contribution < 1.29 is 28.6 Å². The van der Waals surface area contributed by atoms with Crippen molar-refractivity contribution in [3.05, 3.63) is 35.9 Å². The normalized spacial score (nSPS) is 14.6. The van der Waals surface area contributed by atoms with E-state index >= 15 is 0 Å². The number of rotatable bonds is 8. The minimum absolute atomic E-state index is 0.130. The van der Waals surface area contributed by atoms with Crippen LogP contribution in [0.3, 0.4) is 0 Å². The second-order valence-electron chi connectivity index (χ2n) is 8.66. The molecule has 0 bridgehead atoms. The number of carbonyl (C=O) groups excluding carboxylic acids is 3. The zero-order valence-corrected chi connectivity index (χ0v) is 18.2. The van der Waals surface area contributed by atoms with Crippen LogP contribution in [-0.2, 0) is 30.4 Å². The second-order valence-corrected chi connectivity index (χ2v) is 8.66. The Kier molecular flexibility index (Phi) is 9.15. The number of esters is 2.